The predicted octanol–water partition coefficient (Wildman–Crippen LogP) is 7.38. The van der Waals surface area contributed by atoms with E-state index in [-0.39, 0.29) is 0 Å². The zero-order valence-corrected chi connectivity index (χ0v) is 14.7. The number of fused-ring (bicyclic) bond motifs is 2. The molecule has 3 rings (SSSR count). The lowest BCUT2D eigenvalue weighted by atomic mass is 10.0. The second-order valence-electron chi connectivity index (χ2n) is 4.00. The third-order valence-corrected chi connectivity index (χ3v) is 2.96. The van der Waals surface area contributed by atoms with Crippen molar-refractivity contribution in [3.63, 3.8) is 0 Å². The van der Waals surface area contributed by atoms with Crippen LogP contribution in [0.3, 0.4) is 0 Å². The molecular weight excluding hydrogens is 252 g/mol. The molecule has 3 aromatic rings. The number of benzene rings is 3. The van der Waals surface area contributed by atoms with Crippen molar-refractivity contribution in [2.75, 3.05) is 0 Å². The van der Waals surface area contributed by atoms with E-state index < -0.39 is 0 Å². The Morgan fingerprint density at radius 2 is 1.00 bits per heavy atom. The highest BCUT2D eigenvalue weighted by molar-refractivity contribution is 5.99. The normalized spacial score (nSPS) is 8.71. The van der Waals surface area contributed by atoms with Crippen LogP contribution in [0.5, 0.6) is 0 Å². The predicted molar refractivity (Wildman–Crippen MR) is 100 cm³/mol. The van der Waals surface area contributed by atoms with Crippen molar-refractivity contribution in [1.29, 1.82) is 0 Å². The highest BCUT2D eigenvalue weighted by Crippen LogP contribution is 2.24. The minimum absolute atomic E-state index is 1.32. The third kappa shape index (κ3) is 4.90. The summed E-state index contributed by atoms with van der Waals surface area (Å²) in [6, 6.07) is 19.5. The van der Waals surface area contributed by atoms with Crippen LogP contribution in [-0.4, -0.2) is 0 Å². The summed E-state index contributed by atoms with van der Waals surface area (Å²) in [5.74, 6) is 0. The van der Waals surface area contributed by atoms with E-state index in [2.05, 4.69) is 61.5 Å². The standard InChI is InChI=1S/C15H12.3C2H6/c1-11-5-4-8-14-9-12-6-2-3-7-13(12)10-15(11)14;3*1-2/h2-10H,1H3;3*1-2H3. The van der Waals surface area contributed by atoms with Gasteiger partial charge >= 0.3 is 0 Å². The van der Waals surface area contributed by atoms with Gasteiger partial charge in [-0.3, -0.25) is 0 Å². The SMILES string of the molecule is CC.CC.CC.Cc1cccc2cc3ccccc3cc12. The molecule has 0 heterocycles. The largest absolute Gasteiger partial charge is 0.0683 e. The van der Waals surface area contributed by atoms with Gasteiger partial charge in [-0.25, -0.2) is 0 Å². The topological polar surface area (TPSA) is 0 Å². The van der Waals surface area contributed by atoms with E-state index >= 15 is 0 Å². The minimum Gasteiger partial charge on any atom is -0.0683 e. The highest BCUT2D eigenvalue weighted by Gasteiger charge is 1.98. The Bertz CT molecular complexity index is 636. The Kier molecular flexibility index (Phi) is 9.96. The molecule has 114 valence electrons. The molecular formula is C21H30. The minimum atomic E-state index is 1.32. The Hall–Kier alpha value is -1.82. The Morgan fingerprint density at radius 3 is 1.57 bits per heavy atom. The summed E-state index contributed by atoms with van der Waals surface area (Å²) < 4.78 is 0. The average Bonchev–Trinajstić information content (AvgIpc) is 2.59. The third-order valence-electron chi connectivity index (χ3n) is 2.96. The summed E-state index contributed by atoms with van der Waals surface area (Å²) in [6.07, 6.45) is 0. The van der Waals surface area contributed by atoms with Gasteiger partial charge in [0.1, 0.15) is 0 Å². The van der Waals surface area contributed by atoms with Crippen LogP contribution < -0.4 is 0 Å². The molecule has 0 saturated carbocycles. The first-order chi connectivity index (χ1) is 10.3. The van der Waals surface area contributed by atoms with Crippen molar-refractivity contribution in [2.45, 2.75) is 48.5 Å². The van der Waals surface area contributed by atoms with Crippen LogP contribution in [0.2, 0.25) is 0 Å². The molecule has 0 spiro atoms. The average molecular weight is 282 g/mol. The van der Waals surface area contributed by atoms with Gasteiger partial charge < -0.3 is 0 Å². The zero-order chi connectivity index (χ0) is 16.3. The molecule has 0 radical (unpaired) electrons. The number of hydrogen-bond donors (Lipinski definition) is 0. The molecule has 0 N–H and O–H groups in total. The van der Waals surface area contributed by atoms with Gasteiger partial charge in [0, 0.05) is 0 Å². The maximum absolute atomic E-state index is 2.28. The number of rotatable bonds is 0. The molecule has 0 heteroatoms. The van der Waals surface area contributed by atoms with Crippen LogP contribution in [0.4, 0.5) is 0 Å². The van der Waals surface area contributed by atoms with E-state index in [1.807, 2.05) is 41.5 Å². The van der Waals surface area contributed by atoms with Crippen LogP contribution in [-0.2, 0) is 0 Å². The molecule has 0 aliphatic rings. The lowest BCUT2D eigenvalue weighted by molar-refractivity contribution is 1.50. The van der Waals surface area contributed by atoms with Crippen molar-refractivity contribution in [2.24, 2.45) is 0 Å². The van der Waals surface area contributed by atoms with Crippen molar-refractivity contribution < 1.29 is 0 Å². The van der Waals surface area contributed by atoms with Gasteiger partial charge in [-0.2, -0.15) is 0 Å². The molecule has 21 heavy (non-hydrogen) atoms. The molecule has 0 aliphatic carbocycles. The molecule has 0 aromatic heterocycles. The highest BCUT2D eigenvalue weighted by atomic mass is 14.0. The molecule has 0 amide bonds. The molecule has 3 aromatic carbocycles. The summed E-state index contributed by atoms with van der Waals surface area (Å²) >= 11 is 0. The smallest absolute Gasteiger partial charge is 0.0148 e. The van der Waals surface area contributed by atoms with E-state index in [9.17, 15) is 0 Å². The van der Waals surface area contributed by atoms with Crippen LogP contribution in [0.15, 0.2) is 54.6 Å². The zero-order valence-electron chi connectivity index (χ0n) is 14.7. The van der Waals surface area contributed by atoms with Gasteiger partial charge in [0.15, 0.2) is 0 Å². The molecule has 0 fully saturated rings. The quantitative estimate of drug-likeness (QED) is 0.377. The summed E-state index contributed by atoms with van der Waals surface area (Å²) in [4.78, 5) is 0. The fraction of sp³-hybridized carbons (Fsp3) is 0.333. The van der Waals surface area contributed by atoms with E-state index in [0.29, 0.717) is 0 Å². The van der Waals surface area contributed by atoms with Crippen molar-refractivity contribution in [3.05, 3.63) is 60.2 Å². The molecule has 0 atom stereocenters. The van der Waals surface area contributed by atoms with Crippen LogP contribution in [0.1, 0.15) is 47.1 Å². The number of aryl methyl sites for hydroxylation is 1. The lowest BCUT2D eigenvalue weighted by Crippen LogP contribution is -1.79. The van der Waals surface area contributed by atoms with Gasteiger partial charge in [0.25, 0.3) is 0 Å². The van der Waals surface area contributed by atoms with Crippen LogP contribution in [0.25, 0.3) is 21.5 Å². The first kappa shape index (κ1) is 19.2. The van der Waals surface area contributed by atoms with Gasteiger partial charge in [-0.1, -0.05) is 84.0 Å². The molecule has 0 nitrogen and oxygen atoms in total. The molecule has 0 saturated heterocycles. The Balaban J connectivity index is 0.000000598. The van der Waals surface area contributed by atoms with Crippen molar-refractivity contribution >= 4 is 21.5 Å². The van der Waals surface area contributed by atoms with E-state index in [1.165, 1.54) is 27.1 Å². The maximum Gasteiger partial charge on any atom is -0.0148 e. The van der Waals surface area contributed by atoms with Crippen molar-refractivity contribution in [3.8, 4) is 0 Å². The first-order valence-corrected chi connectivity index (χ1v) is 8.23. The van der Waals surface area contributed by atoms with Gasteiger partial charge in [0.05, 0.1) is 0 Å². The van der Waals surface area contributed by atoms with E-state index in [0.717, 1.165) is 0 Å². The summed E-state index contributed by atoms with van der Waals surface area (Å²) in [5, 5.41) is 5.32. The Morgan fingerprint density at radius 1 is 0.524 bits per heavy atom. The van der Waals surface area contributed by atoms with Gasteiger partial charge in [0.2, 0.25) is 0 Å². The van der Waals surface area contributed by atoms with Crippen LogP contribution >= 0.6 is 0 Å². The molecule has 0 bridgehead atoms. The molecule has 0 unspecified atom stereocenters. The van der Waals surface area contributed by atoms with Crippen LogP contribution in [0, 0.1) is 6.92 Å². The maximum atomic E-state index is 2.28. The fourth-order valence-electron chi connectivity index (χ4n) is 2.12. The summed E-state index contributed by atoms with van der Waals surface area (Å²) in [5.41, 5.74) is 1.35. The monoisotopic (exact) mass is 282 g/mol. The summed E-state index contributed by atoms with van der Waals surface area (Å²) in [7, 11) is 0. The van der Waals surface area contributed by atoms with Gasteiger partial charge in [-0.15, -0.1) is 0 Å². The van der Waals surface area contributed by atoms with Crippen molar-refractivity contribution in [1.82, 2.24) is 0 Å². The lowest BCUT2D eigenvalue weighted by Gasteiger charge is -2.04. The fourth-order valence-corrected chi connectivity index (χ4v) is 2.12. The van der Waals surface area contributed by atoms with E-state index in [4.69, 9.17) is 0 Å². The second-order valence-corrected chi connectivity index (χ2v) is 4.00. The first-order valence-electron chi connectivity index (χ1n) is 8.23. The number of hydrogen-bond acceptors (Lipinski definition) is 0. The van der Waals surface area contributed by atoms with E-state index in [1.54, 1.807) is 0 Å². The molecule has 0 aliphatic heterocycles. The summed E-state index contributed by atoms with van der Waals surface area (Å²) in [6.45, 7) is 14.2. The van der Waals surface area contributed by atoms with Gasteiger partial charge in [-0.05, 0) is 46.2 Å². The Labute approximate surface area is 130 Å². The second kappa shape index (κ2) is 10.9.